The number of carbonyl (C=O) groups is 1. The average molecular weight is 369 g/mol. The molecule has 0 aliphatic carbocycles. The molecule has 0 bridgehead atoms. The first-order valence-corrected chi connectivity index (χ1v) is 9.41. The van der Waals surface area contributed by atoms with E-state index in [-0.39, 0.29) is 24.1 Å². The lowest BCUT2D eigenvalue weighted by Crippen LogP contribution is -2.34. The van der Waals surface area contributed by atoms with E-state index < -0.39 is 0 Å². The second kappa shape index (κ2) is 7.03. The molecule has 26 heavy (non-hydrogen) atoms. The fourth-order valence-corrected chi connectivity index (χ4v) is 3.93. The monoisotopic (exact) mass is 369 g/mol. The highest BCUT2D eigenvalue weighted by Crippen LogP contribution is 2.25. The maximum Gasteiger partial charge on any atom is 0.262 e. The van der Waals surface area contributed by atoms with E-state index in [1.54, 1.807) is 0 Å². The normalized spacial score (nSPS) is 12.3. The summed E-state index contributed by atoms with van der Waals surface area (Å²) in [5, 5.41) is 3.58. The standard InChI is InChI=1S/C20H23N3O2S/c1-11-6-7-16(8-12(11)2)14(4)22-17(24)9-23-10-21-19-18(20(23)25)13(3)15(5)26-19/h6-8,10,14H,9H2,1-5H3,(H,22,24). The van der Waals surface area contributed by atoms with Gasteiger partial charge in [-0.2, -0.15) is 0 Å². The topological polar surface area (TPSA) is 64.0 Å². The quantitative estimate of drug-likeness (QED) is 0.765. The van der Waals surface area contributed by atoms with Gasteiger partial charge in [0, 0.05) is 4.88 Å². The molecule has 0 aliphatic heterocycles. The fourth-order valence-electron chi connectivity index (χ4n) is 2.94. The summed E-state index contributed by atoms with van der Waals surface area (Å²) in [6, 6.07) is 6.03. The molecule has 1 N–H and O–H groups in total. The largest absolute Gasteiger partial charge is 0.348 e. The number of rotatable bonds is 4. The molecule has 5 nitrogen and oxygen atoms in total. The molecule has 0 saturated carbocycles. The Labute approximate surface area is 156 Å². The van der Waals surface area contributed by atoms with E-state index in [1.807, 2.05) is 26.8 Å². The smallest absolute Gasteiger partial charge is 0.262 e. The first-order valence-electron chi connectivity index (χ1n) is 8.59. The van der Waals surface area contributed by atoms with Gasteiger partial charge in [-0.1, -0.05) is 18.2 Å². The van der Waals surface area contributed by atoms with Gasteiger partial charge in [0.1, 0.15) is 11.4 Å². The lowest BCUT2D eigenvalue weighted by Gasteiger charge is -2.16. The third-order valence-corrected chi connectivity index (χ3v) is 5.99. The number of aryl methyl sites for hydroxylation is 4. The summed E-state index contributed by atoms with van der Waals surface area (Å²) in [5.41, 5.74) is 4.25. The van der Waals surface area contributed by atoms with E-state index in [0.717, 1.165) is 20.8 Å². The Morgan fingerprint density at radius 3 is 2.65 bits per heavy atom. The molecule has 0 radical (unpaired) electrons. The molecule has 1 unspecified atom stereocenters. The number of benzene rings is 1. The molecule has 0 spiro atoms. The first-order chi connectivity index (χ1) is 12.3. The van der Waals surface area contributed by atoms with Crippen molar-refractivity contribution in [3.8, 4) is 0 Å². The minimum Gasteiger partial charge on any atom is -0.348 e. The van der Waals surface area contributed by atoms with Crippen LogP contribution in [-0.4, -0.2) is 15.5 Å². The van der Waals surface area contributed by atoms with Crippen LogP contribution in [0.4, 0.5) is 0 Å². The van der Waals surface area contributed by atoms with E-state index in [0.29, 0.717) is 5.39 Å². The summed E-state index contributed by atoms with van der Waals surface area (Å²) in [6.45, 7) is 9.92. The van der Waals surface area contributed by atoms with Crippen molar-refractivity contribution in [1.82, 2.24) is 14.9 Å². The second-order valence-electron chi connectivity index (χ2n) is 6.77. The molecule has 1 aromatic carbocycles. The summed E-state index contributed by atoms with van der Waals surface area (Å²) in [5.74, 6) is -0.205. The molecule has 6 heteroatoms. The Morgan fingerprint density at radius 2 is 1.96 bits per heavy atom. The summed E-state index contributed by atoms with van der Waals surface area (Å²) in [7, 11) is 0. The van der Waals surface area contributed by atoms with Gasteiger partial charge in [0.15, 0.2) is 0 Å². The van der Waals surface area contributed by atoms with Crippen LogP contribution in [0.2, 0.25) is 0 Å². The number of aromatic nitrogens is 2. The van der Waals surface area contributed by atoms with Crippen LogP contribution in [0.5, 0.6) is 0 Å². The van der Waals surface area contributed by atoms with E-state index >= 15 is 0 Å². The van der Waals surface area contributed by atoms with E-state index in [9.17, 15) is 9.59 Å². The highest BCUT2D eigenvalue weighted by molar-refractivity contribution is 7.18. The van der Waals surface area contributed by atoms with Gasteiger partial charge >= 0.3 is 0 Å². The van der Waals surface area contributed by atoms with E-state index in [2.05, 4.69) is 36.3 Å². The highest BCUT2D eigenvalue weighted by atomic mass is 32.1. The predicted octanol–water partition coefficient (Wildman–Crippen LogP) is 3.57. The van der Waals surface area contributed by atoms with Crippen molar-refractivity contribution in [1.29, 1.82) is 0 Å². The number of hydrogen-bond acceptors (Lipinski definition) is 4. The predicted molar refractivity (Wildman–Crippen MR) is 106 cm³/mol. The van der Waals surface area contributed by atoms with Crippen molar-refractivity contribution < 1.29 is 4.79 Å². The molecule has 2 heterocycles. The van der Waals surface area contributed by atoms with Crippen LogP contribution in [0.3, 0.4) is 0 Å². The van der Waals surface area contributed by atoms with Crippen LogP contribution in [0.15, 0.2) is 29.3 Å². The third kappa shape index (κ3) is 3.42. The summed E-state index contributed by atoms with van der Waals surface area (Å²) in [6.07, 6.45) is 1.46. The number of carbonyl (C=O) groups excluding carboxylic acids is 1. The van der Waals surface area contributed by atoms with Crippen molar-refractivity contribution in [3.63, 3.8) is 0 Å². The van der Waals surface area contributed by atoms with Crippen LogP contribution in [0.25, 0.3) is 10.2 Å². The van der Waals surface area contributed by atoms with Crippen LogP contribution >= 0.6 is 11.3 Å². The van der Waals surface area contributed by atoms with Gasteiger partial charge in [-0.15, -0.1) is 11.3 Å². The van der Waals surface area contributed by atoms with Gasteiger partial charge in [0.2, 0.25) is 5.91 Å². The molecular formula is C20H23N3O2S. The zero-order chi connectivity index (χ0) is 19.0. The fraction of sp³-hybridized carbons (Fsp3) is 0.350. The van der Waals surface area contributed by atoms with Crippen molar-refractivity contribution >= 4 is 27.5 Å². The summed E-state index contributed by atoms with van der Waals surface area (Å²) < 4.78 is 1.38. The molecule has 136 valence electrons. The van der Waals surface area contributed by atoms with Gasteiger partial charge in [-0.05, 0) is 56.9 Å². The van der Waals surface area contributed by atoms with Crippen LogP contribution in [-0.2, 0) is 11.3 Å². The Morgan fingerprint density at radius 1 is 1.23 bits per heavy atom. The molecule has 1 atom stereocenters. The van der Waals surface area contributed by atoms with Gasteiger partial charge in [0.05, 0.1) is 17.8 Å². The lowest BCUT2D eigenvalue weighted by atomic mass is 10.0. The Balaban J connectivity index is 1.78. The van der Waals surface area contributed by atoms with Gasteiger partial charge in [-0.25, -0.2) is 4.98 Å². The Bertz CT molecular complexity index is 1050. The van der Waals surface area contributed by atoms with Gasteiger partial charge in [-0.3, -0.25) is 14.2 Å². The minimum atomic E-state index is -0.205. The third-order valence-electron chi connectivity index (χ3n) is 4.88. The molecular weight excluding hydrogens is 346 g/mol. The zero-order valence-electron chi connectivity index (χ0n) is 15.7. The molecule has 2 aromatic heterocycles. The van der Waals surface area contributed by atoms with Crippen LogP contribution < -0.4 is 10.9 Å². The molecule has 0 saturated heterocycles. The number of hydrogen-bond donors (Lipinski definition) is 1. The SMILES string of the molecule is Cc1ccc(C(C)NC(=O)Cn2cnc3sc(C)c(C)c3c2=O)cc1C. The number of fused-ring (bicyclic) bond motifs is 1. The zero-order valence-corrected chi connectivity index (χ0v) is 16.5. The first kappa shape index (κ1) is 18.3. The molecule has 3 rings (SSSR count). The molecule has 0 fully saturated rings. The number of amides is 1. The van der Waals surface area contributed by atoms with Gasteiger partial charge in [0.25, 0.3) is 5.56 Å². The molecule has 3 aromatic rings. The Kier molecular flexibility index (Phi) is 4.96. The van der Waals surface area contributed by atoms with Crippen LogP contribution in [0, 0.1) is 27.7 Å². The van der Waals surface area contributed by atoms with Crippen molar-refractivity contribution in [2.75, 3.05) is 0 Å². The summed E-state index contributed by atoms with van der Waals surface area (Å²) >= 11 is 1.51. The molecule has 0 aliphatic rings. The van der Waals surface area contributed by atoms with Crippen molar-refractivity contribution in [2.45, 2.75) is 47.2 Å². The number of thiophene rings is 1. The summed E-state index contributed by atoms with van der Waals surface area (Å²) in [4.78, 5) is 31.3. The van der Waals surface area contributed by atoms with Crippen molar-refractivity contribution in [3.05, 3.63) is 62.0 Å². The van der Waals surface area contributed by atoms with E-state index in [1.165, 1.54) is 33.4 Å². The highest BCUT2D eigenvalue weighted by Gasteiger charge is 2.15. The average Bonchev–Trinajstić information content (AvgIpc) is 2.88. The number of nitrogens with one attached hydrogen (secondary N) is 1. The maximum absolute atomic E-state index is 12.7. The van der Waals surface area contributed by atoms with Crippen molar-refractivity contribution in [2.24, 2.45) is 0 Å². The Hall–Kier alpha value is -2.47. The van der Waals surface area contributed by atoms with Gasteiger partial charge < -0.3 is 5.32 Å². The maximum atomic E-state index is 12.7. The molecule has 1 amide bonds. The van der Waals surface area contributed by atoms with E-state index in [4.69, 9.17) is 0 Å². The number of nitrogens with zero attached hydrogens (tertiary/aromatic N) is 2. The second-order valence-corrected chi connectivity index (χ2v) is 7.98. The lowest BCUT2D eigenvalue weighted by molar-refractivity contribution is -0.122. The van der Waals surface area contributed by atoms with Crippen LogP contribution in [0.1, 0.15) is 40.1 Å². The minimum absolute atomic E-state index is 0.0364.